The Kier molecular flexibility index (Phi) is 3.00. The number of thiophene rings is 1. The van der Waals surface area contributed by atoms with Crippen LogP contribution in [0.2, 0.25) is 0 Å². The maximum absolute atomic E-state index is 10.1. The quantitative estimate of drug-likeness (QED) is 0.911. The number of furan rings is 1. The predicted octanol–water partition coefficient (Wildman–Crippen LogP) is 3.80. The normalized spacial score (nSPS) is 13.1. The Hall–Kier alpha value is -0.580. The molecule has 2 aromatic heterocycles. The Morgan fingerprint density at radius 1 is 1.40 bits per heavy atom. The van der Waals surface area contributed by atoms with Crippen molar-refractivity contribution >= 4 is 27.3 Å². The van der Waals surface area contributed by atoms with Crippen LogP contribution in [0.15, 0.2) is 26.6 Å². The summed E-state index contributed by atoms with van der Waals surface area (Å²) in [6.07, 6.45) is 1.01. The molecule has 0 aliphatic rings. The summed E-state index contributed by atoms with van der Waals surface area (Å²) in [5.74, 6) is 0.816. The largest absolute Gasteiger partial charge is 0.469 e. The first-order valence-electron chi connectivity index (χ1n) is 4.57. The van der Waals surface area contributed by atoms with E-state index < -0.39 is 6.10 Å². The summed E-state index contributed by atoms with van der Waals surface area (Å²) in [7, 11) is 0. The molecule has 2 aromatic rings. The fraction of sp³-hybridized carbons (Fsp3) is 0.273. The molecule has 0 aliphatic heterocycles. The third-order valence-corrected chi connectivity index (χ3v) is 4.40. The lowest BCUT2D eigenvalue weighted by Crippen LogP contribution is -1.94. The molecule has 0 saturated carbocycles. The summed E-state index contributed by atoms with van der Waals surface area (Å²) in [4.78, 5) is 0.931. The third kappa shape index (κ3) is 2.17. The minimum Gasteiger partial charge on any atom is -0.469 e. The Morgan fingerprint density at radius 3 is 2.60 bits per heavy atom. The van der Waals surface area contributed by atoms with Crippen LogP contribution in [-0.4, -0.2) is 5.11 Å². The molecule has 0 radical (unpaired) electrons. The number of aryl methyl sites for hydroxylation is 2. The van der Waals surface area contributed by atoms with E-state index >= 15 is 0 Å². The van der Waals surface area contributed by atoms with Gasteiger partial charge in [-0.3, -0.25) is 0 Å². The minimum atomic E-state index is -0.586. The molecule has 15 heavy (non-hydrogen) atoms. The molecule has 0 saturated heterocycles. The number of aliphatic hydroxyl groups excluding tert-OH is 1. The molecular formula is C11H11BrO2S. The molecular weight excluding hydrogens is 276 g/mol. The number of rotatable bonds is 2. The van der Waals surface area contributed by atoms with Crippen LogP contribution in [0.5, 0.6) is 0 Å². The zero-order chi connectivity index (χ0) is 11.0. The van der Waals surface area contributed by atoms with Crippen molar-refractivity contribution < 1.29 is 9.52 Å². The third-order valence-electron chi connectivity index (χ3n) is 2.21. The summed E-state index contributed by atoms with van der Waals surface area (Å²) in [6.45, 7) is 3.88. The van der Waals surface area contributed by atoms with E-state index in [0.717, 1.165) is 25.6 Å². The lowest BCUT2D eigenvalue weighted by atomic mass is 10.1. The molecule has 2 nitrogen and oxygen atoms in total. The zero-order valence-corrected chi connectivity index (χ0v) is 10.9. The maximum Gasteiger partial charge on any atom is 0.116 e. The predicted molar refractivity (Wildman–Crippen MR) is 64.3 cm³/mol. The highest BCUT2D eigenvalue weighted by Crippen LogP contribution is 2.34. The standard InChI is InChI=1S/C11H11BrO2S/c1-6-3-9(15-11(6)12)10(13)8-4-7(2)14-5-8/h3-5,10,13H,1-2H3. The Balaban J connectivity index is 2.31. The van der Waals surface area contributed by atoms with Crippen LogP contribution >= 0.6 is 27.3 Å². The lowest BCUT2D eigenvalue weighted by molar-refractivity contribution is 0.223. The van der Waals surface area contributed by atoms with Gasteiger partial charge in [-0.05, 0) is 47.5 Å². The molecule has 4 heteroatoms. The van der Waals surface area contributed by atoms with Gasteiger partial charge < -0.3 is 9.52 Å². The first-order valence-corrected chi connectivity index (χ1v) is 6.18. The number of halogens is 1. The van der Waals surface area contributed by atoms with E-state index in [1.807, 2.05) is 26.0 Å². The molecule has 0 bridgehead atoms. The van der Waals surface area contributed by atoms with Gasteiger partial charge in [-0.15, -0.1) is 11.3 Å². The van der Waals surface area contributed by atoms with E-state index in [4.69, 9.17) is 4.42 Å². The van der Waals surface area contributed by atoms with Crippen molar-refractivity contribution in [3.05, 3.63) is 43.9 Å². The minimum absolute atomic E-state index is 0.586. The highest BCUT2D eigenvalue weighted by Gasteiger charge is 2.16. The maximum atomic E-state index is 10.1. The van der Waals surface area contributed by atoms with Crippen molar-refractivity contribution in [2.24, 2.45) is 0 Å². The first-order chi connectivity index (χ1) is 7.08. The van der Waals surface area contributed by atoms with Crippen LogP contribution in [0.1, 0.15) is 27.9 Å². The fourth-order valence-electron chi connectivity index (χ4n) is 1.39. The Bertz CT molecular complexity index is 453. The van der Waals surface area contributed by atoms with Crippen LogP contribution in [-0.2, 0) is 0 Å². The summed E-state index contributed by atoms with van der Waals surface area (Å²) in [5, 5.41) is 10.1. The highest BCUT2D eigenvalue weighted by molar-refractivity contribution is 9.11. The Morgan fingerprint density at radius 2 is 2.13 bits per heavy atom. The van der Waals surface area contributed by atoms with Crippen LogP contribution in [0.3, 0.4) is 0 Å². The van der Waals surface area contributed by atoms with E-state index in [9.17, 15) is 5.11 Å². The number of hydrogen-bond acceptors (Lipinski definition) is 3. The van der Waals surface area contributed by atoms with Crippen molar-refractivity contribution in [3.8, 4) is 0 Å². The SMILES string of the molecule is Cc1cc(C(O)c2cc(C)c(Br)s2)co1. The van der Waals surface area contributed by atoms with Gasteiger partial charge in [0.2, 0.25) is 0 Å². The van der Waals surface area contributed by atoms with E-state index in [0.29, 0.717) is 0 Å². The highest BCUT2D eigenvalue weighted by atomic mass is 79.9. The molecule has 0 amide bonds. The second-order valence-corrected chi connectivity index (χ2v) is 5.90. The van der Waals surface area contributed by atoms with E-state index in [2.05, 4.69) is 15.9 Å². The average Bonchev–Trinajstić information content (AvgIpc) is 2.74. The second kappa shape index (κ2) is 4.12. The van der Waals surface area contributed by atoms with Gasteiger partial charge in [-0.25, -0.2) is 0 Å². The monoisotopic (exact) mass is 286 g/mol. The van der Waals surface area contributed by atoms with Gasteiger partial charge in [0, 0.05) is 10.4 Å². The van der Waals surface area contributed by atoms with Crippen molar-refractivity contribution in [1.29, 1.82) is 0 Å². The smallest absolute Gasteiger partial charge is 0.116 e. The molecule has 1 N–H and O–H groups in total. The van der Waals surface area contributed by atoms with Gasteiger partial charge in [-0.2, -0.15) is 0 Å². The number of hydrogen-bond donors (Lipinski definition) is 1. The average molecular weight is 287 g/mol. The molecule has 2 heterocycles. The van der Waals surface area contributed by atoms with Crippen molar-refractivity contribution in [2.75, 3.05) is 0 Å². The first kappa shape index (κ1) is 10.9. The molecule has 0 spiro atoms. The number of aliphatic hydroxyl groups is 1. The van der Waals surface area contributed by atoms with Crippen LogP contribution in [0, 0.1) is 13.8 Å². The van der Waals surface area contributed by atoms with E-state index in [-0.39, 0.29) is 0 Å². The van der Waals surface area contributed by atoms with Gasteiger partial charge in [0.25, 0.3) is 0 Å². The molecule has 1 atom stereocenters. The summed E-state index contributed by atoms with van der Waals surface area (Å²) < 4.78 is 6.24. The molecule has 1 unspecified atom stereocenters. The van der Waals surface area contributed by atoms with Crippen molar-refractivity contribution in [1.82, 2.24) is 0 Å². The molecule has 0 aliphatic carbocycles. The topological polar surface area (TPSA) is 33.4 Å². The molecule has 2 rings (SSSR count). The summed E-state index contributed by atoms with van der Waals surface area (Å²) >= 11 is 5.00. The Labute approximate surface area is 101 Å². The van der Waals surface area contributed by atoms with E-state index in [1.54, 1.807) is 17.6 Å². The van der Waals surface area contributed by atoms with E-state index in [1.165, 1.54) is 0 Å². The van der Waals surface area contributed by atoms with Crippen molar-refractivity contribution in [2.45, 2.75) is 20.0 Å². The van der Waals surface area contributed by atoms with Crippen LogP contribution in [0.25, 0.3) is 0 Å². The van der Waals surface area contributed by atoms with Gasteiger partial charge in [0.05, 0.1) is 10.0 Å². The van der Waals surface area contributed by atoms with Crippen LogP contribution < -0.4 is 0 Å². The zero-order valence-electron chi connectivity index (χ0n) is 8.45. The van der Waals surface area contributed by atoms with Crippen LogP contribution in [0.4, 0.5) is 0 Å². The second-order valence-electron chi connectivity index (χ2n) is 3.50. The molecule has 80 valence electrons. The van der Waals surface area contributed by atoms with Crippen molar-refractivity contribution in [3.63, 3.8) is 0 Å². The fourth-order valence-corrected chi connectivity index (χ4v) is 2.98. The summed E-state index contributed by atoms with van der Waals surface area (Å²) in [5.41, 5.74) is 1.95. The lowest BCUT2D eigenvalue weighted by Gasteiger charge is -2.03. The van der Waals surface area contributed by atoms with Gasteiger partial charge in [-0.1, -0.05) is 0 Å². The molecule has 0 aromatic carbocycles. The van der Waals surface area contributed by atoms with Gasteiger partial charge >= 0.3 is 0 Å². The molecule has 0 fully saturated rings. The van der Waals surface area contributed by atoms with Gasteiger partial charge in [0.15, 0.2) is 0 Å². The summed E-state index contributed by atoms with van der Waals surface area (Å²) in [6, 6.07) is 3.84. The van der Waals surface area contributed by atoms with Gasteiger partial charge in [0.1, 0.15) is 11.9 Å².